The molecular weight excluding hydrogens is 216 g/mol. The van der Waals surface area contributed by atoms with Gasteiger partial charge in [0.05, 0.1) is 19.8 Å². The molecule has 0 aliphatic carbocycles. The summed E-state index contributed by atoms with van der Waals surface area (Å²) < 4.78 is 13.0. The van der Waals surface area contributed by atoms with Crippen molar-refractivity contribution < 1.29 is 9.47 Å². The van der Waals surface area contributed by atoms with E-state index in [0.29, 0.717) is 25.3 Å². The topological polar surface area (TPSA) is 47.2 Å². The number of aromatic nitrogens is 1. The molecule has 0 saturated carbocycles. The summed E-state index contributed by atoms with van der Waals surface area (Å²) in [4.78, 5) is 0. The van der Waals surface area contributed by atoms with Crippen LogP contribution in [0.3, 0.4) is 0 Å². The second-order valence-electron chi connectivity index (χ2n) is 4.32. The summed E-state index contributed by atoms with van der Waals surface area (Å²) in [6, 6.07) is 3.81. The molecule has 1 aliphatic heterocycles. The van der Waals surface area contributed by atoms with E-state index in [2.05, 4.69) is 0 Å². The molecule has 1 aromatic rings. The summed E-state index contributed by atoms with van der Waals surface area (Å²) in [5, 5.41) is 7.94. The molecule has 1 aromatic heterocycles. The number of rotatable bonds is 2. The average molecular weight is 234 g/mol. The van der Waals surface area contributed by atoms with Crippen LogP contribution < -0.4 is 5.49 Å². The predicted octanol–water partition coefficient (Wildman–Crippen LogP) is 1.72. The lowest BCUT2D eigenvalue weighted by Gasteiger charge is -2.34. The van der Waals surface area contributed by atoms with Crippen LogP contribution in [0.4, 0.5) is 0 Å². The van der Waals surface area contributed by atoms with Crippen LogP contribution >= 0.6 is 0 Å². The third kappa shape index (κ3) is 2.48. The number of pyridine rings is 1. The number of nitrogens with one attached hydrogen (secondary N) is 1. The summed E-state index contributed by atoms with van der Waals surface area (Å²) >= 11 is 0. The van der Waals surface area contributed by atoms with Gasteiger partial charge in [-0.25, -0.2) is 0 Å². The van der Waals surface area contributed by atoms with E-state index in [1.165, 1.54) is 0 Å². The fourth-order valence-corrected chi connectivity index (χ4v) is 1.93. The summed E-state index contributed by atoms with van der Waals surface area (Å²) in [5.41, 5.74) is 1.00. The van der Waals surface area contributed by atoms with Crippen molar-refractivity contribution in [3.8, 4) is 0 Å². The van der Waals surface area contributed by atoms with Crippen molar-refractivity contribution in [2.45, 2.75) is 19.4 Å². The zero-order valence-corrected chi connectivity index (χ0v) is 10.3. The van der Waals surface area contributed by atoms with Crippen molar-refractivity contribution >= 4 is 6.20 Å². The van der Waals surface area contributed by atoms with E-state index >= 15 is 0 Å². The summed E-state index contributed by atoms with van der Waals surface area (Å²) in [5.74, 6) is 0. The average Bonchev–Trinajstić information content (AvgIpc) is 2.33. The maximum atomic E-state index is 7.94. The molecule has 2 heterocycles. The molecule has 0 radical (unpaired) electrons. The first-order valence-corrected chi connectivity index (χ1v) is 5.77. The molecule has 1 unspecified atom stereocenters. The van der Waals surface area contributed by atoms with Gasteiger partial charge in [0.1, 0.15) is 11.1 Å². The lowest BCUT2D eigenvalue weighted by atomic mass is 9.97. The number of nitrogens with zero attached hydrogens (tertiary/aromatic N) is 1. The first-order chi connectivity index (χ1) is 8.15. The molecule has 4 heteroatoms. The van der Waals surface area contributed by atoms with Crippen LogP contribution in [0, 0.1) is 5.41 Å². The summed E-state index contributed by atoms with van der Waals surface area (Å²) in [7, 11) is 0. The van der Waals surface area contributed by atoms with Gasteiger partial charge in [-0.3, -0.25) is 5.41 Å². The smallest absolute Gasteiger partial charge is 0.129 e. The Labute approximate surface area is 101 Å². The Morgan fingerprint density at radius 3 is 2.88 bits per heavy atom. The lowest BCUT2D eigenvalue weighted by Crippen LogP contribution is -2.38. The maximum Gasteiger partial charge on any atom is 0.129 e. The van der Waals surface area contributed by atoms with Gasteiger partial charge in [-0.2, -0.15) is 0 Å². The summed E-state index contributed by atoms with van der Waals surface area (Å²) in [6.45, 7) is 5.73. The van der Waals surface area contributed by atoms with E-state index in [0.717, 1.165) is 5.56 Å². The molecule has 4 nitrogen and oxygen atoms in total. The van der Waals surface area contributed by atoms with E-state index in [1.807, 2.05) is 44.5 Å². The standard InChI is InChI=1S/C13H18N2O2/c1-3-5-15-6-4-11(9-12(15)14)13(2)10-16-7-8-17-13/h3-6,9,14H,7-8,10H2,1-2H3/b5-3-,14-12?. The highest BCUT2D eigenvalue weighted by atomic mass is 16.6. The monoisotopic (exact) mass is 234 g/mol. The Kier molecular flexibility index (Phi) is 3.45. The largest absolute Gasteiger partial charge is 0.376 e. The molecular formula is C13H18N2O2. The Hall–Kier alpha value is -1.39. The highest BCUT2D eigenvalue weighted by Gasteiger charge is 2.30. The molecule has 1 N–H and O–H groups in total. The van der Waals surface area contributed by atoms with E-state index in [-0.39, 0.29) is 0 Å². The lowest BCUT2D eigenvalue weighted by molar-refractivity contribution is -0.152. The Morgan fingerprint density at radius 2 is 2.29 bits per heavy atom. The molecule has 0 aromatic carbocycles. The first-order valence-electron chi connectivity index (χ1n) is 5.77. The van der Waals surface area contributed by atoms with Crippen LogP contribution in [-0.2, 0) is 15.1 Å². The third-order valence-corrected chi connectivity index (χ3v) is 2.93. The minimum absolute atomic E-state index is 0.428. The molecule has 2 rings (SSSR count). The van der Waals surface area contributed by atoms with E-state index in [9.17, 15) is 0 Å². The first kappa shape index (κ1) is 12.1. The third-order valence-electron chi connectivity index (χ3n) is 2.93. The van der Waals surface area contributed by atoms with Crippen molar-refractivity contribution in [1.82, 2.24) is 4.57 Å². The van der Waals surface area contributed by atoms with Crippen molar-refractivity contribution in [3.63, 3.8) is 0 Å². The quantitative estimate of drug-likeness (QED) is 0.847. The van der Waals surface area contributed by atoms with Gasteiger partial charge in [-0.05, 0) is 31.5 Å². The van der Waals surface area contributed by atoms with E-state index in [4.69, 9.17) is 14.9 Å². The van der Waals surface area contributed by atoms with Crippen molar-refractivity contribution in [2.75, 3.05) is 19.8 Å². The van der Waals surface area contributed by atoms with Crippen molar-refractivity contribution in [2.24, 2.45) is 0 Å². The van der Waals surface area contributed by atoms with Gasteiger partial charge in [0.15, 0.2) is 0 Å². The van der Waals surface area contributed by atoms with Crippen LogP contribution in [0.5, 0.6) is 0 Å². The molecule has 1 saturated heterocycles. The molecule has 1 aliphatic rings. The minimum atomic E-state index is -0.428. The summed E-state index contributed by atoms with van der Waals surface area (Å²) in [6.07, 6.45) is 5.63. The van der Waals surface area contributed by atoms with Gasteiger partial charge < -0.3 is 14.0 Å². The maximum absolute atomic E-state index is 7.94. The second kappa shape index (κ2) is 4.85. The van der Waals surface area contributed by atoms with Crippen LogP contribution in [0.25, 0.3) is 6.20 Å². The Balaban J connectivity index is 2.33. The molecule has 0 spiro atoms. The van der Waals surface area contributed by atoms with Gasteiger partial charge in [-0.1, -0.05) is 6.08 Å². The molecule has 0 amide bonds. The van der Waals surface area contributed by atoms with Gasteiger partial charge in [0.2, 0.25) is 0 Å². The van der Waals surface area contributed by atoms with Crippen molar-refractivity contribution in [3.05, 3.63) is 35.5 Å². The number of hydrogen-bond donors (Lipinski definition) is 1. The van der Waals surface area contributed by atoms with Crippen LogP contribution in [0.1, 0.15) is 19.4 Å². The highest BCUT2D eigenvalue weighted by molar-refractivity contribution is 5.26. The highest BCUT2D eigenvalue weighted by Crippen LogP contribution is 2.26. The van der Waals surface area contributed by atoms with E-state index < -0.39 is 5.60 Å². The fraction of sp³-hybridized carbons (Fsp3) is 0.462. The zero-order chi connectivity index (χ0) is 12.3. The van der Waals surface area contributed by atoms with Gasteiger partial charge >= 0.3 is 0 Å². The molecule has 0 bridgehead atoms. The van der Waals surface area contributed by atoms with Crippen molar-refractivity contribution in [1.29, 1.82) is 5.41 Å². The minimum Gasteiger partial charge on any atom is -0.376 e. The van der Waals surface area contributed by atoms with Crippen LogP contribution in [0.2, 0.25) is 0 Å². The molecule has 1 fully saturated rings. The van der Waals surface area contributed by atoms with Gasteiger partial charge in [-0.15, -0.1) is 0 Å². The normalized spacial score (nSPS) is 25.3. The number of hydrogen-bond acceptors (Lipinski definition) is 3. The molecule has 17 heavy (non-hydrogen) atoms. The van der Waals surface area contributed by atoms with Crippen LogP contribution in [-0.4, -0.2) is 24.4 Å². The van der Waals surface area contributed by atoms with E-state index in [1.54, 1.807) is 4.57 Å². The predicted molar refractivity (Wildman–Crippen MR) is 65.4 cm³/mol. The number of ether oxygens (including phenoxy) is 2. The molecule has 1 atom stereocenters. The Morgan fingerprint density at radius 1 is 1.47 bits per heavy atom. The Bertz CT molecular complexity index is 471. The van der Waals surface area contributed by atoms with Gasteiger partial charge in [0, 0.05) is 12.4 Å². The molecule has 92 valence electrons. The fourth-order valence-electron chi connectivity index (χ4n) is 1.93. The SMILES string of the molecule is C/C=C\n1ccc(C2(C)COCCO2)cc1=N. The second-order valence-corrected chi connectivity index (χ2v) is 4.32. The number of allylic oxidation sites excluding steroid dienone is 1. The van der Waals surface area contributed by atoms with Gasteiger partial charge in [0.25, 0.3) is 0 Å². The zero-order valence-electron chi connectivity index (χ0n) is 10.3. The van der Waals surface area contributed by atoms with Crippen LogP contribution in [0.15, 0.2) is 24.4 Å².